The lowest BCUT2D eigenvalue weighted by Gasteiger charge is -2.58. The van der Waals surface area contributed by atoms with Crippen molar-refractivity contribution in [1.29, 1.82) is 0 Å². The van der Waals surface area contributed by atoms with Crippen molar-refractivity contribution in [3.63, 3.8) is 0 Å². The average molecular weight is 438 g/mol. The van der Waals surface area contributed by atoms with Gasteiger partial charge in [-0.15, -0.1) is 0 Å². The molecule has 2 amide bonds. The molecule has 170 valence electrons. The zero-order chi connectivity index (χ0) is 22.1. The van der Waals surface area contributed by atoms with Crippen LogP contribution in [0.25, 0.3) is 5.69 Å². The Morgan fingerprint density at radius 2 is 2.00 bits per heavy atom. The summed E-state index contributed by atoms with van der Waals surface area (Å²) in [5.41, 5.74) is 8.01. The lowest BCUT2D eigenvalue weighted by molar-refractivity contribution is -0.0698. The van der Waals surface area contributed by atoms with Gasteiger partial charge in [-0.05, 0) is 48.4 Å². The monoisotopic (exact) mass is 437 g/mol. The number of piperazine rings is 1. The van der Waals surface area contributed by atoms with Gasteiger partial charge in [-0.2, -0.15) is 4.98 Å². The van der Waals surface area contributed by atoms with E-state index in [2.05, 4.69) is 26.6 Å². The highest BCUT2D eigenvalue weighted by molar-refractivity contribution is 5.88. The van der Waals surface area contributed by atoms with Crippen LogP contribution in [0.5, 0.6) is 0 Å². The summed E-state index contributed by atoms with van der Waals surface area (Å²) in [5, 5.41) is 5.94. The summed E-state index contributed by atoms with van der Waals surface area (Å²) in [6.07, 6.45) is 4.94. The minimum atomic E-state index is -0.411. The summed E-state index contributed by atoms with van der Waals surface area (Å²) in [4.78, 5) is 33.2. The Hall–Kier alpha value is -2.75. The maximum Gasteiger partial charge on any atom is 0.354 e. The first-order valence-corrected chi connectivity index (χ1v) is 11.4. The SMILES string of the molecule is NC1CC2(C1)CN(CCc1cccc(-n3ccc(NC(=O)N4CCNCC4)nc3=O)c1)C2. The molecule has 32 heavy (non-hydrogen) atoms. The summed E-state index contributed by atoms with van der Waals surface area (Å²) < 4.78 is 1.51. The Kier molecular flexibility index (Phi) is 5.71. The van der Waals surface area contributed by atoms with Crippen molar-refractivity contribution in [3.05, 3.63) is 52.6 Å². The van der Waals surface area contributed by atoms with Crippen molar-refractivity contribution in [2.24, 2.45) is 11.1 Å². The molecule has 1 aliphatic carbocycles. The average Bonchev–Trinajstić information content (AvgIpc) is 2.75. The number of hydrogen-bond donors (Lipinski definition) is 3. The first-order chi connectivity index (χ1) is 15.5. The number of aromatic nitrogens is 2. The molecule has 5 rings (SSSR count). The standard InChI is InChI=1S/C23H31N7O2/c24-18-13-23(14-18)15-28(16-23)8-4-17-2-1-3-19(12-17)30-9-5-20(27-22(30)32)26-21(31)29-10-6-25-7-11-29/h1-3,5,9,12,18,25H,4,6-8,10-11,13-16,24H2,(H,26,27,31,32). The molecule has 0 atom stereocenters. The molecule has 1 aromatic carbocycles. The number of carbonyl (C=O) groups excluding carboxylic acids is 1. The first-order valence-electron chi connectivity index (χ1n) is 11.4. The topological polar surface area (TPSA) is 109 Å². The van der Waals surface area contributed by atoms with Gasteiger partial charge in [-0.1, -0.05) is 12.1 Å². The molecule has 4 N–H and O–H groups in total. The van der Waals surface area contributed by atoms with Crippen molar-refractivity contribution >= 4 is 11.8 Å². The van der Waals surface area contributed by atoms with E-state index in [1.165, 1.54) is 23.0 Å². The molecule has 1 spiro atoms. The van der Waals surface area contributed by atoms with E-state index in [1.807, 2.05) is 18.2 Å². The fourth-order valence-electron chi connectivity index (χ4n) is 5.25. The van der Waals surface area contributed by atoms with E-state index >= 15 is 0 Å². The highest BCUT2D eigenvalue weighted by Crippen LogP contribution is 2.47. The summed E-state index contributed by atoms with van der Waals surface area (Å²) >= 11 is 0. The number of benzene rings is 1. The van der Waals surface area contributed by atoms with Crippen LogP contribution < -0.4 is 22.1 Å². The van der Waals surface area contributed by atoms with Gasteiger partial charge in [-0.25, -0.2) is 9.59 Å². The second-order valence-electron chi connectivity index (χ2n) is 9.43. The van der Waals surface area contributed by atoms with Crippen molar-refractivity contribution in [2.45, 2.75) is 25.3 Å². The summed E-state index contributed by atoms with van der Waals surface area (Å²) in [6.45, 7) is 6.15. The van der Waals surface area contributed by atoms with Crippen molar-refractivity contribution in [2.75, 3.05) is 51.1 Å². The third-order valence-corrected chi connectivity index (χ3v) is 6.86. The van der Waals surface area contributed by atoms with Gasteiger partial charge in [0.05, 0.1) is 5.69 Å². The van der Waals surface area contributed by atoms with E-state index in [1.54, 1.807) is 17.2 Å². The zero-order valence-electron chi connectivity index (χ0n) is 18.3. The summed E-state index contributed by atoms with van der Waals surface area (Å²) in [7, 11) is 0. The van der Waals surface area contributed by atoms with Gasteiger partial charge >= 0.3 is 11.7 Å². The number of nitrogens with zero attached hydrogens (tertiary/aromatic N) is 4. The normalized spacial score (nSPS) is 20.6. The van der Waals surface area contributed by atoms with Crippen LogP contribution >= 0.6 is 0 Å². The van der Waals surface area contributed by atoms with Crippen LogP contribution in [0.3, 0.4) is 0 Å². The van der Waals surface area contributed by atoms with E-state index in [-0.39, 0.29) is 11.8 Å². The molecule has 3 fully saturated rings. The predicted octanol–water partition coefficient (Wildman–Crippen LogP) is 0.635. The molecule has 9 heteroatoms. The highest BCUT2D eigenvalue weighted by Gasteiger charge is 2.50. The zero-order valence-corrected chi connectivity index (χ0v) is 18.3. The minimum absolute atomic E-state index is 0.227. The van der Waals surface area contributed by atoms with Crippen LogP contribution in [0.2, 0.25) is 0 Å². The highest BCUT2D eigenvalue weighted by atomic mass is 16.2. The van der Waals surface area contributed by atoms with E-state index in [0.29, 0.717) is 24.5 Å². The van der Waals surface area contributed by atoms with Crippen molar-refractivity contribution in [3.8, 4) is 5.69 Å². The summed E-state index contributed by atoms with van der Waals surface area (Å²) in [6, 6.07) is 9.85. The van der Waals surface area contributed by atoms with E-state index in [0.717, 1.165) is 44.8 Å². The lowest BCUT2D eigenvalue weighted by Crippen LogP contribution is -2.65. The Labute approximate surface area is 187 Å². The van der Waals surface area contributed by atoms with Gasteiger partial charge in [0, 0.05) is 58.1 Å². The minimum Gasteiger partial charge on any atom is -0.328 e. The first kappa shape index (κ1) is 21.1. The number of carbonyl (C=O) groups is 1. The molecule has 3 aliphatic rings. The number of nitrogens with one attached hydrogen (secondary N) is 2. The number of hydrogen-bond acceptors (Lipinski definition) is 6. The quantitative estimate of drug-likeness (QED) is 0.633. The van der Waals surface area contributed by atoms with Crippen LogP contribution in [0.1, 0.15) is 18.4 Å². The Morgan fingerprint density at radius 3 is 2.72 bits per heavy atom. The van der Waals surface area contributed by atoms with Gasteiger partial charge in [0.2, 0.25) is 0 Å². The number of rotatable bonds is 5. The third kappa shape index (κ3) is 4.41. The van der Waals surface area contributed by atoms with Crippen LogP contribution in [-0.4, -0.2) is 77.2 Å². The van der Waals surface area contributed by atoms with Crippen LogP contribution in [-0.2, 0) is 6.42 Å². The molecule has 2 saturated heterocycles. The van der Waals surface area contributed by atoms with E-state index < -0.39 is 5.69 Å². The van der Waals surface area contributed by atoms with E-state index in [9.17, 15) is 9.59 Å². The fourth-order valence-corrected chi connectivity index (χ4v) is 5.25. The number of anilines is 1. The van der Waals surface area contributed by atoms with Crippen molar-refractivity contribution < 1.29 is 4.79 Å². The predicted molar refractivity (Wildman–Crippen MR) is 123 cm³/mol. The van der Waals surface area contributed by atoms with Gasteiger partial charge in [0.1, 0.15) is 5.82 Å². The maximum atomic E-state index is 12.6. The summed E-state index contributed by atoms with van der Waals surface area (Å²) in [5.74, 6) is 0.272. The van der Waals surface area contributed by atoms with Crippen LogP contribution in [0.15, 0.2) is 41.3 Å². The Balaban J connectivity index is 1.19. The smallest absolute Gasteiger partial charge is 0.328 e. The molecule has 9 nitrogen and oxygen atoms in total. The van der Waals surface area contributed by atoms with Crippen LogP contribution in [0.4, 0.5) is 10.6 Å². The molecule has 0 bridgehead atoms. The second-order valence-corrected chi connectivity index (χ2v) is 9.43. The van der Waals surface area contributed by atoms with Gasteiger partial charge in [0.25, 0.3) is 0 Å². The van der Waals surface area contributed by atoms with Gasteiger partial charge < -0.3 is 20.9 Å². The number of urea groups is 1. The Bertz CT molecular complexity index is 1030. The maximum absolute atomic E-state index is 12.6. The van der Waals surface area contributed by atoms with Crippen LogP contribution in [0, 0.1) is 5.41 Å². The molecule has 0 unspecified atom stereocenters. The molecule has 2 aliphatic heterocycles. The number of likely N-dealkylation sites (tertiary alicyclic amines) is 1. The second kappa shape index (κ2) is 8.65. The number of nitrogens with two attached hydrogens (primary N) is 1. The van der Waals surface area contributed by atoms with Gasteiger partial charge in [0.15, 0.2) is 0 Å². The lowest BCUT2D eigenvalue weighted by atomic mass is 9.61. The number of amides is 2. The van der Waals surface area contributed by atoms with Gasteiger partial charge in [-0.3, -0.25) is 9.88 Å². The largest absolute Gasteiger partial charge is 0.354 e. The molecule has 1 aromatic heterocycles. The molecular weight excluding hydrogens is 406 g/mol. The molecule has 2 aromatic rings. The molecule has 3 heterocycles. The third-order valence-electron chi connectivity index (χ3n) is 6.86. The molecular formula is C23H31N7O2. The molecule has 1 saturated carbocycles. The van der Waals surface area contributed by atoms with E-state index in [4.69, 9.17) is 5.73 Å². The molecule has 0 radical (unpaired) electrons. The fraction of sp³-hybridized carbons (Fsp3) is 0.522. The van der Waals surface area contributed by atoms with Crippen molar-refractivity contribution in [1.82, 2.24) is 24.7 Å². The Morgan fingerprint density at radius 1 is 1.22 bits per heavy atom.